The monoisotopic (exact) mass is 177 g/mol. The maximum absolute atomic E-state index is 9.13. The SMILES string of the molecule is N=C1OC(CO)C(O)C(O)C1O. The van der Waals surface area contributed by atoms with E-state index in [1.165, 1.54) is 0 Å². The molecule has 0 bridgehead atoms. The number of aliphatic hydroxyl groups is 4. The van der Waals surface area contributed by atoms with Crippen molar-refractivity contribution in [2.75, 3.05) is 6.61 Å². The number of rotatable bonds is 1. The molecule has 12 heavy (non-hydrogen) atoms. The summed E-state index contributed by atoms with van der Waals surface area (Å²) in [5.74, 6) is -0.535. The highest BCUT2D eigenvalue weighted by Crippen LogP contribution is 2.16. The lowest BCUT2D eigenvalue weighted by Gasteiger charge is -2.34. The van der Waals surface area contributed by atoms with Gasteiger partial charge >= 0.3 is 0 Å². The summed E-state index contributed by atoms with van der Waals surface area (Å²) in [4.78, 5) is 0. The second-order valence-corrected chi connectivity index (χ2v) is 2.63. The van der Waals surface area contributed by atoms with Crippen LogP contribution in [0, 0.1) is 5.41 Å². The Morgan fingerprint density at radius 1 is 1.25 bits per heavy atom. The highest BCUT2D eigenvalue weighted by atomic mass is 16.5. The van der Waals surface area contributed by atoms with Gasteiger partial charge < -0.3 is 25.2 Å². The third kappa shape index (κ3) is 1.42. The van der Waals surface area contributed by atoms with Gasteiger partial charge in [0.15, 0.2) is 12.2 Å². The standard InChI is InChI=1S/C6H11NO5/c7-6-5(11)4(10)3(9)2(1-8)12-6/h2-5,7-11H,1H2. The summed E-state index contributed by atoms with van der Waals surface area (Å²) < 4.78 is 4.60. The Bertz CT molecular complexity index is 183. The van der Waals surface area contributed by atoms with E-state index < -0.39 is 36.9 Å². The molecule has 70 valence electrons. The van der Waals surface area contributed by atoms with Crippen LogP contribution in [0.25, 0.3) is 0 Å². The number of hydrogen-bond donors (Lipinski definition) is 5. The molecule has 0 amide bonds. The molecule has 0 aromatic rings. The van der Waals surface area contributed by atoms with Gasteiger partial charge in [0.2, 0.25) is 5.90 Å². The van der Waals surface area contributed by atoms with Crippen molar-refractivity contribution in [3.8, 4) is 0 Å². The van der Waals surface area contributed by atoms with Crippen LogP contribution < -0.4 is 0 Å². The summed E-state index contributed by atoms with van der Waals surface area (Å²) in [6, 6.07) is 0. The molecule has 4 unspecified atom stereocenters. The maximum atomic E-state index is 9.13. The molecule has 4 atom stereocenters. The molecule has 0 radical (unpaired) electrons. The van der Waals surface area contributed by atoms with Gasteiger partial charge in [-0.25, -0.2) is 0 Å². The van der Waals surface area contributed by atoms with Gasteiger partial charge in [-0.3, -0.25) is 5.41 Å². The predicted octanol–water partition coefficient (Wildman–Crippen LogP) is -2.56. The topological polar surface area (TPSA) is 114 Å². The number of hydrogen-bond acceptors (Lipinski definition) is 6. The van der Waals surface area contributed by atoms with Gasteiger partial charge in [0.25, 0.3) is 0 Å². The van der Waals surface area contributed by atoms with E-state index >= 15 is 0 Å². The van der Waals surface area contributed by atoms with E-state index in [2.05, 4.69) is 4.74 Å². The first-order chi connectivity index (χ1) is 5.57. The molecule has 6 nitrogen and oxygen atoms in total. The van der Waals surface area contributed by atoms with Crippen LogP contribution in [0.2, 0.25) is 0 Å². The average Bonchev–Trinajstić information content (AvgIpc) is 2.08. The van der Waals surface area contributed by atoms with Gasteiger partial charge in [-0.1, -0.05) is 0 Å². The Hall–Kier alpha value is -0.690. The summed E-state index contributed by atoms with van der Waals surface area (Å²) in [7, 11) is 0. The Morgan fingerprint density at radius 2 is 1.83 bits per heavy atom. The zero-order chi connectivity index (χ0) is 9.30. The van der Waals surface area contributed by atoms with Crippen LogP contribution in [0.15, 0.2) is 0 Å². The molecule has 6 heteroatoms. The molecule has 0 aliphatic carbocycles. The van der Waals surface area contributed by atoms with Crippen LogP contribution in [0.5, 0.6) is 0 Å². The number of ether oxygens (including phenoxy) is 1. The van der Waals surface area contributed by atoms with Crippen LogP contribution in [0.4, 0.5) is 0 Å². The van der Waals surface area contributed by atoms with Crippen molar-refractivity contribution in [1.82, 2.24) is 0 Å². The second kappa shape index (κ2) is 3.36. The molecule has 0 aromatic carbocycles. The summed E-state index contributed by atoms with van der Waals surface area (Å²) in [6.45, 7) is -0.507. The second-order valence-electron chi connectivity index (χ2n) is 2.63. The summed E-state index contributed by atoms with van der Waals surface area (Å²) >= 11 is 0. The summed E-state index contributed by atoms with van der Waals surface area (Å²) in [5.41, 5.74) is 0. The van der Waals surface area contributed by atoms with E-state index in [1.54, 1.807) is 0 Å². The van der Waals surface area contributed by atoms with Gasteiger partial charge in [0.05, 0.1) is 6.61 Å². The molecule has 1 saturated heterocycles. The first kappa shape index (κ1) is 9.40. The van der Waals surface area contributed by atoms with E-state index in [1.807, 2.05) is 0 Å². The third-order valence-electron chi connectivity index (χ3n) is 1.78. The lowest BCUT2D eigenvalue weighted by molar-refractivity contribution is -0.129. The van der Waals surface area contributed by atoms with Crippen molar-refractivity contribution in [3.63, 3.8) is 0 Å². The van der Waals surface area contributed by atoms with Crippen LogP contribution in [0.3, 0.4) is 0 Å². The van der Waals surface area contributed by atoms with Crippen LogP contribution >= 0.6 is 0 Å². The molecular weight excluding hydrogens is 166 g/mol. The minimum atomic E-state index is -1.51. The van der Waals surface area contributed by atoms with Gasteiger partial charge in [0, 0.05) is 0 Å². The smallest absolute Gasteiger partial charge is 0.213 e. The molecule has 5 N–H and O–H groups in total. The van der Waals surface area contributed by atoms with Crippen molar-refractivity contribution >= 4 is 5.90 Å². The Morgan fingerprint density at radius 3 is 2.33 bits per heavy atom. The van der Waals surface area contributed by atoms with Crippen molar-refractivity contribution < 1.29 is 25.2 Å². The molecule has 0 aromatic heterocycles. The molecule has 1 rings (SSSR count). The van der Waals surface area contributed by atoms with E-state index in [9.17, 15) is 0 Å². The van der Waals surface area contributed by atoms with E-state index in [0.717, 1.165) is 0 Å². The Labute approximate surface area is 68.5 Å². The zero-order valence-corrected chi connectivity index (χ0v) is 6.21. The molecule has 1 aliphatic rings. The zero-order valence-electron chi connectivity index (χ0n) is 6.21. The van der Waals surface area contributed by atoms with Gasteiger partial charge in [-0.05, 0) is 0 Å². The van der Waals surface area contributed by atoms with E-state index in [-0.39, 0.29) is 0 Å². The Balaban J connectivity index is 2.70. The molecule has 1 fully saturated rings. The van der Waals surface area contributed by atoms with Crippen LogP contribution in [-0.4, -0.2) is 57.3 Å². The predicted molar refractivity (Wildman–Crippen MR) is 37.7 cm³/mol. The first-order valence-electron chi connectivity index (χ1n) is 3.48. The van der Waals surface area contributed by atoms with Crippen molar-refractivity contribution in [1.29, 1.82) is 5.41 Å². The quantitative estimate of drug-likeness (QED) is 0.302. The van der Waals surface area contributed by atoms with Crippen LogP contribution in [0.1, 0.15) is 0 Å². The Kier molecular flexibility index (Phi) is 2.63. The highest BCUT2D eigenvalue weighted by Gasteiger charge is 2.41. The van der Waals surface area contributed by atoms with E-state index in [0.29, 0.717) is 0 Å². The third-order valence-corrected chi connectivity index (χ3v) is 1.78. The fraction of sp³-hybridized carbons (Fsp3) is 0.833. The van der Waals surface area contributed by atoms with E-state index in [4.69, 9.17) is 25.8 Å². The van der Waals surface area contributed by atoms with Crippen molar-refractivity contribution in [2.24, 2.45) is 0 Å². The highest BCUT2D eigenvalue weighted by molar-refractivity contribution is 5.79. The first-order valence-corrected chi connectivity index (χ1v) is 3.48. The summed E-state index contributed by atoms with van der Waals surface area (Å²) in [5, 5.41) is 42.8. The van der Waals surface area contributed by atoms with Crippen molar-refractivity contribution in [2.45, 2.75) is 24.4 Å². The number of nitrogens with one attached hydrogen (secondary N) is 1. The minimum Gasteiger partial charge on any atom is -0.471 e. The van der Waals surface area contributed by atoms with Crippen LogP contribution in [-0.2, 0) is 4.74 Å². The van der Waals surface area contributed by atoms with Gasteiger partial charge in [-0.2, -0.15) is 0 Å². The molecule has 0 spiro atoms. The van der Waals surface area contributed by atoms with Gasteiger partial charge in [-0.15, -0.1) is 0 Å². The fourth-order valence-corrected chi connectivity index (χ4v) is 1.01. The lowest BCUT2D eigenvalue weighted by atomic mass is 10.00. The maximum Gasteiger partial charge on any atom is 0.213 e. The normalized spacial score (nSPS) is 42.5. The molecule has 1 aliphatic heterocycles. The number of aliphatic hydroxyl groups excluding tert-OH is 4. The summed E-state index contributed by atoms with van der Waals surface area (Å²) in [6.07, 6.45) is -5.37. The van der Waals surface area contributed by atoms with Gasteiger partial charge in [0.1, 0.15) is 12.2 Å². The molecule has 0 saturated carbocycles. The lowest BCUT2D eigenvalue weighted by Crippen LogP contribution is -2.56. The molecular formula is C6H11NO5. The van der Waals surface area contributed by atoms with Crippen molar-refractivity contribution in [3.05, 3.63) is 0 Å². The largest absolute Gasteiger partial charge is 0.471 e. The molecule has 1 heterocycles. The fourth-order valence-electron chi connectivity index (χ4n) is 1.01. The minimum absolute atomic E-state index is 0.507. The average molecular weight is 177 g/mol.